The molecule has 1 amide bonds. The zero-order valence-electron chi connectivity index (χ0n) is 18.8. The van der Waals surface area contributed by atoms with Gasteiger partial charge in [0.2, 0.25) is 0 Å². The van der Waals surface area contributed by atoms with Crippen LogP contribution < -0.4 is 20.1 Å². The summed E-state index contributed by atoms with van der Waals surface area (Å²) in [5.74, 6) is 0.640. The average Bonchev–Trinajstić information content (AvgIpc) is 2.82. The van der Waals surface area contributed by atoms with Crippen LogP contribution in [0.4, 0.5) is 30.4 Å². The molecule has 1 heterocycles. The lowest BCUT2D eigenvalue weighted by molar-refractivity contribution is -0.137. The number of ether oxygens (including phenoxy) is 2. The van der Waals surface area contributed by atoms with Gasteiger partial charge in [-0.3, -0.25) is 4.79 Å². The third kappa shape index (κ3) is 5.78. The molecule has 0 radical (unpaired) electrons. The van der Waals surface area contributed by atoms with Crippen molar-refractivity contribution in [3.05, 3.63) is 78.1 Å². The van der Waals surface area contributed by atoms with Crippen LogP contribution in [0.15, 0.2) is 67.0 Å². The molecule has 0 saturated carbocycles. The first kappa shape index (κ1) is 23.8. The largest absolute Gasteiger partial charge is 0.493 e. The van der Waals surface area contributed by atoms with Crippen molar-refractivity contribution in [2.75, 3.05) is 24.4 Å². The molecule has 0 aliphatic carbocycles. The van der Waals surface area contributed by atoms with Crippen LogP contribution in [0.25, 0.3) is 10.9 Å². The molecule has 0 aliphatic rings. The van der Waals surface area contributed by atoms with Crippen molar-refractivity contribution in [2.24, 2.45) is 0 Å². The van der Waals surface area contributed by atoms with E-state index in [0.717, 1.165) is 23.4 Å². The molecule has 0 unspecified atom stereocenters. The van der Waals surface area contributed by atoms with Gasteiger partial charge in [-0.1, -0.05) is 12.1 Å². The molecule has 0 saturated heterocycles. The van der Waals surface area contributed by atoms with Gasteiger partial charge in [-0.15, -0.1) is 0 Å². The summed E-state index contributed by atoms with van der Waals surface area (Å²) in [6, 6.07) is 15.3. The Morgan fingerprint density at radius 2 is 1.74 bits per heavy atom. The van der Waals surface area contributed by atoms with Crippen LogP contribution >= 0.6 is 0 Å². The second kappa shape index (κ2) is 9.88. The third-order valence-electron chi connectivity index (χ3n) is 5.06. The number of aryl methyl sites for hydroxylation is 1. The Hall–Kier alpha value is -4.34. The fourth-order valence-electron chi connectivity index (χ4n) is 3.38. The van der Waals surface area contributed by atoms with E-state index in [1.807, 2.05) is 31.2 Å². The second-order valence-corrected chi connectivity index (χ2v) is 7.65. The monoisotopic (exact) mass is 482 g/mol. The first-order valence-electron chi connectivity index (χ1n) is 10.5. The maximum atomic E-state index is 12.7. The summed E-state index contributed by atoms with van der Waals surface area (Å²) in [7, 11) is 1.46. The minimum atomic E-state index is -4.45. The SMILES string of the molecule is COc1cc2ncnc(Nc3cccc(C)c3)c2cc1OCC(=O)Nc1ccc(C(F)(F)F)cc1. The van der Waals surface area contributed by atoms with E-state index >= 15 is 0 Å². The number of amides is 1. The number of rotatable bonds is 7. The molecular weight excluding hydrogens is 461 g/mol. The molecule has 0 bridgehead atoms. The molecule has 0 aliphatic heterocycles. The second-order valence-electron chi connectivity index (χ2n) is 7.65. The molecule has 1 aromatic heterocycles. The first-order chi connectivity index (χ1) is 16.7. The Balaban J connectivity index is 1.51. The van der Waals surface area contributed by atoms with Gasteiger partial charge in [0.25, 0.3) is 5.91 Å². The molecule has 4 aromatic rings. The number of nitrogens with one attached hydrogen (secondary N) is 2. The maximum Gasteiger partial charge on any atom is 0.416 e. The minimum absolute atomic E-state index is 0.218. The minimum Gasteiger partial charge on any atom is -0.493 e. The number of carbonyl (C=O) groups is 1. The van der Waals surface area contributed by atoms with Crippen molar-refractivity contribution in [3.8, 4) is 11.5 Å². The number of carbonyl (C=O) groups excluding carboxylic acids is 1. The topological polar surface area (TPSA) is 85.4 Å². The molecule has 7 nitrogen and oxygen atoms in total. The molecule has 2 N–H and O–H groups in total. The van der Waals surface area contributed by atoms with Gasteiger partial charge in [-0.25, -0.2) is 9.97 Å². The summed E-state index contributed by atoms with van der Waals surface area (Å²) in [4.78, 5) is 20.9. The van der Waals surface area contributed by atoms with Gasteiger partial charge in [0.1, 0.15) is 12.1 Å². The number of alkyl halides is 3. The summed E-state index contributed by atoms with van der Waals surface area (Å²) < 4.78 is 49.2. The number of hydrogen-bond donors (Lipinski definition) is 2. The number of nitrogens with zero attached hydrogens (tertiary/aromatic N) is 2. The Morgan fingerprint density at radius 3 is 2.43 bits per heavy atom. The molecule has 0 spiro atoms. The van der Waals surface area contributed by atoms with Gasteiger partial charge in [-0.2, -0.15) is 13.2 Å². The highest BCUT2D eigenvalue weighted by Gasteiger charge is 2.30. The van der Waals surface area contributed by atoms with Gasteiger partial charge in [-0.05, 0) is 55.0 Å². The van der Waals surface area contributed by atoms with Gasteiger partial charge >= 0.3 is 6.18 Å². The quantitative estimate of drug-likeness (QED) is 0.350. The van der Waals surface area contributed by atoms with E-state index in [2.05, 4.69) is 20.6 Å². The lowest BCUT2D eigenvalue weighted by Gasteiger charge is -2.14. The van der Waals surface area contributed by atoms with Crippen molar-refractivity contribution in [3.63, 3.8) is 0 Å². The summed E-state index contributed by atoms with van der Waals surface area (Å²) in [5, 5.41) is 6.41. The van der Waals surface area contributed by atoms with Crippen LogP contribution in [0.5, 0.6) is 11.5 Å². The predicted octanol–water partition coefficient (Wildman–Crippen LogP) is 5.73. The molecule has 35 heavy (non-hydrogen) atoms. The number of hydrogen-bond acceptors (Lipinski definition) is 6. The lowest BCUT2D eigenvalue weighted by Crippen LogP contribution is -2.20. The van der Waals surface area contributed by atoms with Crippen LogP contribution in [0, 0.1) is 6.92 Å². The van der Waals surface area contributed by atoms with Crippen LogP contribution in [0.2, 0.25) is 0 Å². The fourth-order valence-corrected chi connectivity index (χ4v) is 3.38. The normalized spacial score (nSPS) is 11.2. The van der Waals surface area contributed by atoms with Gasteiger partial charge in [0, 0.05) is 22.8 Å². The first-order valence-corrected chi connectivity index (χ1v) is 10.5. The number of benzene rings is 3. The number of methoxy groups -OCH3 is 1. The van der Waals surface area contributed by atoms with Gasteiger partial charge in [0.15, 0.2) is 18.1 Å². The molecule has 0 atom stereocenters. The van der Waals surface area contributed by atoms with Gasteiger partial charge in [0.05, 0.1) is 18.2 Å². The average molecular weight is 482 g/mol. The number of anilines is 3. The zero-order chi connectivity index (χ0) is 25.0. The summed E-state index contributed by atoms with van der Waals surface area (Å²) in [6.45, 7) is 1.59. The van der Waals surface area contributed by atoms with E-state index in [9.17, 15) is 18.0 Å². The van der Waals surface area contributed by atoms with E-state index in [1.165, 1.54) is 25.6 Å². The van der Waals surface area contributed by atoms with E-state index < -0.39 is 24.3 Å². The predicted molar refractivity (Wildman–Crippen MR) is 126 cm³/mol. The lowest BCUT2D eigenvalue weighted by atomic mass is 10.2. The number of fused-ring (bicyclic) bond motifs is 1. The molecule has 10 heteroatoms. The Bertz CT molecular complexity index is 1360. The molecular formula is C25H21F3N4O3. The molecule has 3 aromatic carbocycles. The smallest absolute Gasteiger partial charge is 0.416 e. The highest BCUT2D eigenvalue weighted by molar-refractivity contribution is 5.94. The molecule has 0 fully saturated rings. The van der Waals surface area contributed by atoms with Crippen molar-refractivity contribution >= 4 is 34.0 Å². The van der Waals surface area contributed by atoms with Crippen LogP contribution in [0.3, 0.4) is 0 Å². The molecule has 180 valence electrons. The van der Waals surface area contributed by atoms with E-state index in [-0.39, 0.29) is 11.4 Å². The summed E-state index contributed by atoms with van der Waals surface area (Å²) in [6.07, 6.45) is -3.02. The van der Waals surface area contributed by atoms with Crippen LogP contribution in [-0.2, 0) is 11.0 Å². The molecule has 4 rings (SSSR count). The Morgan fingerprint density at radius 1 is 0.971 bits per heavy atom. The third-order valence-corrected chi connectivity index (χ3v) is 5.06. The standard InChI is InChI=1S/C25H21F3N4O3/c1-15-4-3-5-18(10-15)32-24-19-11-22(21(34-2)12-20(19)29-14-30-24)35-13-23(33)31-17-8-6-16(7-9-17)25(26,27)28/h3-12,14H,13H2,1-2H3,(H,31,33)(H,29,30,32). The summed E-state index contributed by atoms with van der Waals surface area (Å²) in [5.41, 5.74) is 1.95. The number of halogens is 3. The van der Waals surface area contributed by atoms with Gasteiger partial charge < -0.3 is 20.1 Å². The highest BCUT2D eigenvalue weighted by atomic mass is 19.4. The van der Waals surface area contributed by atoms with Crippen molar-refractivity contribution < 1.29 is 27.4 Å². The fraction of sp³-hybridized carbons (Fsp3) is 0.160. The maximum absolute atomic E-state index is 12.7. The highest BCUT2D eigenvalue weighted by Crippen LogP contribution is 2.35. The van der Waals surface area contributed by atoms with E-state index in [0.29, 0.717) is 22.5 Å². The number of aromatic nitrogens is 2. The van der Waals surface area contributed by atoms with Crippen LogP contribution in [-0.4, -0.2) is 29.6 Å². The van der Waals surface area contributed by atoms with Crippen molar-refractivity contribution in [1.82, 2.24) is 9.97 Å². The van der Waals surface area contributed by atoms with Crippen molar-refractivity contribution in [1.29, 1.82) is 0 Å². The van der Waals surface area contributed by atoms with Crippen molar-refractivity contribution in [2.45, 2.75) is 13.1 Å². The van der Waals surface area contributed by atoms with E-state index in [1.54, 1.807) is 12.1 Å². The Kier molecular flexibility index (Phi) is 6.72. The zero-order valence-corrected chi connectivity index (χ0v) is 18.8. The summed E-state index contributed by atoms with van der Waals surface area (Å²) >= 11 is 0. The van der Waals surface area contributed by atoms with E-state index in [4.69, 9.17) is 9.47 Å². The van der Waals surface area contributed by atoms with Crippen LogP contribution in [0.1, 0.15) is 11.1 Å². The Labute approximate surface area is 198 Å².